The summed E-state index contributed by atoms with van der Waals surface area (Å²) >= 11 is 0. The van der Waals surface area contributed by atoms with Crippen LogP contribution in [0.5, 0.6) is 0 Å². The first-order valence-corrected chi connectivity index (χ1v) is 5.94. The average Bonchev–Trinajstić information content (AvgIpc) is 2.70. The SMILES string of the molecule is O=C(CCN1CCC(O)C1)c1cc(F)cc(F)c1. The number of ketones is 1. The first-order chi connectivity index (χ1) is 8.54. The Morgan fingerprint density at radius 2 is 2.00 bits per heavy atom. The van der Waals surface area contributed by atoms with Crippen LogP contribution in [0.25, 0.3) is 0 Å². The highest BCUT2D eigenvalue weighted by atomic mass is 19.1. The Labute approximate surface area is 104 Å². The van der Waals surface area contributed by atoms with Gasteiger partial charge in [-0.15, -0.1) is 0 Å². The molecule has 98 valence electrons. The van der Waals surface area contributed by atoms with Crippen LogP contribution in [0, 0.1) is 11.6 Å². The van der Waals surface area contributed by atoms with E-state index in [2.05, 4.69) is 0 Å². The Kier molecular flexibility index (Phi) is 4.04. The number of hydrogen-bond donors (Lipinski definition) is 1. The lowest BCUT2D eigenvalue weighted by Crippen LogP contribution is -2.25. The fourth-order valence-corrected chi connectivity index (χ4v) is 2.13. The quantitative estimate of drug-likeness (QED) is 0.831. The highest BCUT2D eigenvalue weighted by molar-refractivity contribution is 5.96. The number of aliphatic hydroxyl groups excluding tert-OH is 1. The van der Waals surface area contributed by atoms with Gasteiger partial charge in [0.15, 0.2) is 5.78 Å². The van der Waals surface area contributed by atoms with Gasteiger partial charge in [-0.1, -0.05) is 0 Å². The maximum Gasteiger partial charge on any atom is 0.164 e. The van der Waals surface area contributed by atoms with Crippen molar-refractivity contribution in [1.82, 2.24) is 4.90 Å². The zero-order valence-corrected chi connectivity index (χ0v) is 9.90. The molecule has 1 atom stereocenters. The molecule has 0 spiro atoms. The second-order valence-electron chi connectivity index (χ2n) is 4.57. The van der Waals surface area contributed by atoms with Crippen LogP contribution in [0.4, 0.5) is 8.78 Å². The van der Waals surface area contributed by atoms with E-state index >= 15 is 0 Å². The number of nitrogens with zero attached hydrogens (tertiary/aromatic N) is 1. The normalized spacial score (nSPS) is 20.3. The van der Waals surface area contributed by atoms with Gasteiger partial charge in [0, 0.05) is 37.7 Å². The molecule has 1 aliphatic heterocycles. The number of aliphatic hydroxyl groups is 1. The van der Waals surface area contributed by atoms with Crippen LogP contribution in [0.2, 0.25) is 0 Å². The van der Waals surface area contributed by atoms with E-state index in [1.165, 1.54) is 0 Å². The summed E-state index contributed by atoms with van der Waals surface area (Å²) in [6, 6.07) is 2.84. The van der Waals surface area contributed by atoms with Crippen LogP contribution in [0.1, 0.15) is 23.2 Å². The van der Waals surface area contributed by atoms with Crippen molar-refractivity contribution < 1.29 is 18.7 Å². The van der Waals surface area contributed by atoms with Crippen LogP contribution in [0.3, 0.4) is 0 Å². The van der Waals surface area contributed by atoms with Crippen molar-refractivity contribution in [2.75, 3.05) is 19.6 Å². The van der Waals surface area contributed by atoms with Gasteiger partial charge in [-0.25, -0.2) is 8.78 Å². The van der Waals surface area contributed by atoms with Gasteiger partial charge >= 0.3 is 0 Å². The van der Waals surface area contributed by atoms with Gasteiger partial charge in [-0.05, 0) is 18.6 Å². The van der Waals surface area contributed by atoms with Crippen molar-refractivity contribution in [1.29, 1.82) is 0 Å². The van der Waals surface area contributed by atoms with Crippen LogP contribution < -0.4 is 0 Å². The molecule has 0 bridgehead atoms. The van der Waals surface area contributed by atoms with Crippen LogP contribution in [-0.4, -0.2) is 41.5 Å². The molecule has 1 saturated heterocycles. The first-order valence-electron chi connectivity index (χ1n) is 5.94. The summed E-state index contributed by atoms with van der Waals surface area (Å²) in [5.41, 5.74) is 0.0623. The molecule has 0 saturated carbocycles. The van der Waals surface area contributed by atoms with Gasteiger partial charge in [0.1, 0.15) is 11.6 Å². The largest absolute Gasteiger partial charge is 0.392 e. The van der Waals surface area contributed by atoms with Gasteiger partial charge in [-0.3, -0.25) is 4.79 Å². The highest BCUT2D eigenvalue weighted by Gasteiger charge is 2.20. The standard InChI is InChI=1S/C13H15F2NO2/c14-10-5-9(6-11(15)7-10)13(18)2-4-16-3-1-12(17)8-16/h5-7,12,17H,1-4,8H2. The molecule has 0 amide bonds. The van der Waals surface area contributed by atoms with Gasteiger partial charge in [0.25, 0.3) is 0 Å². The minimum absolute atomic E-state index is 0.0623. The first kappa shape index (κ1) is 13.1. The minimum Gasteiger partial charge on any atom is -0.392 e. The van der Waals surface area contributed by atoms with Crippen LogP contribution in [-0.2, 0) is 0 Å². The summed E-state index contributed by atoms with van der Waals surface area (Å²) in [5.74, 6) is -1.76. The summed E-state index contributed by atoms with van der Waals surface area (Å²) in [4.78, 5) is 13.7. The van der Waals surface area contributed by atoms with Crippen LogP contribution in [0.15, 0.2) is 18.2 Å². The van der Waals surface area contributed by atoms with Crippen molar-refractivity contribution >= 4 is 5.78 Å². The maximum absolute atomic E-state index is 12.9. The molecule has 18 heavy (non-hydrogen) atoms. The summed E-state index contributed by atoms with van der Waals surface area (Å²) in [5, 5.41) is 9.33. The fraction of sp³-hybridized carbons (Fsp3) is 0.462. The number of carbonyl (C=O) groups excluding carboxylic acids is 1. The molecule has 1 heterocycles. The third kappa shape index (κ3) is 3.34. The number of likely N-dealkylation sites (tertiary alicyclic amines) is 1. The molecule has 1 aromatic carbocycles. The van der Waals surface area contributed by atoms with Crippen molar-refractivity contribution in [2.45, 2.75) is 18.9 Å². The molecule has 1 aliphatic rings. The van der Waals surface area contributed by atoms with E-state index in [1.54, 1.807) is 0 Å². The van der Waals surface area contributed by atoms with E-state index in [0.717, 1.165) is 24.7 Å². The predicted molar refractivity (Wildman–Crippen MR) is 62.4 cm³/mol. The Hall–Kier alpha value is -1.33. The predicted octanol–water partition coefficient (Wildman–Crippen LogP) is 1.60. The van der Waals surface area contributed by atoms with Gasteiger partial charge in [0.2, 0.25) is 0 Å². The van der Waals surface area contributed by atoms with Crippen molar-refractivity contribution in [3.8, 4) is 0 Å². The van der Waals surface area contributed by atoms with Crippen molar-refractivity contribution in [2.24, 2.45) is 0 Å². The minimum atomic E-state index is -0.741. The Bertz CT molecular complexity index is 430. The number of carbonyl (C=O) groups is 1. The lowest BCUT2D eigenvalue weighted by Gasteiger charge is -2.13. The number of rotatable bonds is 4. The Balaban J connectivity index is 1.91. The molecule has 5 heteroatoms. The van der Waals surface area contributed by atoms with E-state index in [9.17, 15) is 18.7 Å². The van der Waals surface area contributed by atoms with Gasteiger partial charge in [0.05, 0.1) is 6.10 Å². The summed E-state index contributed by atoms with van der Waals surface area (Å²) in [6.45, 7) is 1.82. The number of halogens is 2. The molecule has 2 rings (SSSR count). The highest BCUT2D eigenvalue weighted by Crippen LogP contribution is 2.13. The number of hydrogen-bond acceptors (Lipinski definition) is 3. The van der Waals surface area contributed by atoms with Gasteiger partial charge < -0.3 is 10.0 Å². The summed E-state index contributed by atoms with van der Waals surface area (Å²) < 4.78 is 25.9. The third-order valence-corrected chi connectivity index (χ3v) is 3.09. The number of benzene rings is 1. The molecule has 0 radical (unpaired) electrons. The zero-order valence-electron chi connectivity index (χ0n) is 9.90. The third-order valence-electron chi connectivity index (χ3n) is 3.09. The number of β-amino-alcohol motifs (C(OH)–C–C–N with tert-alkyl or cyclic N) is 1. The molecule has 1 aromatic rings. The summed E-state index contributed by atoms with van der Waals surface area (Å²) in [7, 11) is 0. The fourth-order valence-electron chi connectivity index (χ4n) is 2.13. The monoisotopic (exact) mass is 255 g/mol. The number of Topliss-reactive ketones (excluding diaryl/α,β-unsaturated/α-hetero) is 1. The molecule has 3 nitrogen and oxygen atoms in total. The molecule has 1 N–H and O–H groups in total. The van der Waals surface area contributed by atoms with E-state index in [-0.39, 0.29) is 23.9 Å². The van der Waals surface area contributed by atoms with Crippen molar-refractivity contribution in [3.63, 3.8) is 0 Å². The molecule has 1 unspecified atom stereocenters. The average molecular weight is 255 g/mol. The van der Waals surface area contributed by atoms with E-state index in [4.69, 9.17) is 0 Å². The topological polar surface area (TPSA) is 40.5 Å². The maximum atomic E-state index is 12.9. The Morgan fingerprint density at radius 1 is 1.33 bits per heavy atom. The lowest BCUT2D eigenvalue weighted by molar-refractivity contribution is 0.0963. The molecular weight excluding hydrogens is 240 g/mol. The molecular formula is C13H15F2NO2. The Morgan fingerprint density at radius 3 is 2.56 bits per heavy atom. The molecule has 1 fully saturated rings. The lowest BCUT2D eigenvalue weighted by atomic mass is 10.1. The summed E-state index contributed by atoms with van der Waals surface area (Å²) in [6.07, 6.45) is 0.588. The smallest absolute Gasteiger partial charge is 0.164 e. The van der Waals surface area contributed by atoms with E-state index in [0.29, 0.717) is 19.5 Å². The molecule has 0 aromatic heterocycles. The van der Waals surface area contributed by atoms with E-state index in [1.807, 2.05) is 4.90 Å². The van der Waals surface area contributed by atoms with Crippen molar-refractivity contribution in [3.05, 3.63) is 35.4 Å². The van der Waals surface area contributed by atoms with Crippen LogP contribution >= 0.6 is 0 Å². The molecule has 0 aliphatic carbocycles. The second-order valence-corrected chi connectivity index (χ2v) is 4.57. The second kappa shape index (κ2) is 5.54. The van der Waals surface area contributed by atoms with E-state index < -0.39 is 11.6 Å². The zero-order chi connectivity index (χ0) is 13.1. The van der Waals surface area contributed by atoms with Gasteiger partial charge in [-0.2, -0.15) is 0 Å².